The van der Waals surface area contributed by atoms with E-state index < -0.39 is 0 Å². The van der Waals surface area contributed by atoms with Crippen molar-refractivity contribution in [2.24, 2.45) is 9.98 Å². The molecule has 6 nitrogen and oxygen atoms in total. The van der Waals surface area contributed by atoms with E-state index in [0.29, 0.717) is 40.0 Å². The molecule has 4 rings (SSSR count). The molecule has 0 bridgehead atoms. The van der Waals surface area contributed by atoms with E-state index in [1.807, 2.05) is 30.3 Å². The monoisotopic (exact) mass is 364 g/mol. The Morgan fingerprint density at radius 3 is 2.41 bits per heavy atom. The van der Waals surface area contributed by atoms with Gasteiger partial charge in [-0.1, -0.05) is 31.2 Å². The number of hydrogen-bond acceptors (Lipinski definition) is 6. The van der Waals surface area contributed by atoms with Crippen LogP contribution in [0.5, 0.6) is 11.5 Å². The standard InChI is InChI=1S/C21H24N4O2/c1-3-25(2)11-10-23-15-12-16-19(24-9-8-22-16)18-17(15)20(26)13-6-4-5-7-14(13)21(18)27/h4-7,12,23,26-27H,3,8-11H2,1-2H3. The molecule has 27 heavy (non-hydrogen) atoms. The molecule has 0 radical (unpaired) electrons. The minimum Gasteiger partial charge on any atom is -0.507 e. The van der Waals surface area contributed by atoms with Crippen molar-refractivity contribution < 1.29 is 10.2 Å². The molecular formula is C21H24N4O2. The topological polar surface area (TPSA) is 80.5 Å². The van der Waals surface area contributed by atoms with Gasteiger partial charge in [-0.25, -0.2) is 0 Å². The molecule has 3 aromatic carbocycles. The van der Waals surface area contributed by atoms with Crippen molar-refractivity contribution >= 4 is 27.2 Å². The summed E-state index contributed by atoms with van der Waals surface area (Å²) >= 11 is 0. The lowest BCUT2D eigenvalue weighted by Gasteiger charge is -2.18. The summed E-state index contributed by atoms with van der Waals surface area (Å²) < 4.78 is 0. The highest BCUT2D eigenvalue weighted by Gasteiger charge is 2.19. The van der Waals surface area contributed by atoms with Crippen LogP contribution in [0.3, 0.4) is 0 Å². The lowest BCUT2D eigenvalue weighted by atomic mass is 9.98. The van der Waals surface area contributed by atoms with Crippen LogP contribution in [0.15, 0.2) is 40.3 Å². The Morgan fingerprint density at radius 2 is 1.70 bits per heavy atom. The minimum absolute atomic E-state index is 0.143. The highest BCUT2D eigenvalue weighted by atomic mass is 16.3. The number of benzene rings is 3. The van der Waals surface area contributed by atoms with Crippen LogP contribution in [-0.2, 0) is 0 Å². The first-order chi connectivity index (χ1) is 13.1. The number of hydrogen-bond donors (Lipinski definition) is 3. The molecule has 0 spiro atoms. The van der Waals surface area contributed by atoms with Crippen molar-refractivity contribution in [2.45, 2.75) is 6.92 Å². The van der Waals surface area contributed by atoms with Gasteiger partial charge in [-0.15, -0.1) is 0 Å². The highest BCUT2D eigenvalue weighted by Crippen LogP contribution is 2.42. The lowest BCUT2D eigenvalue weighted by Crippen LogP contribution is -2.32. The van der Waals surface area contributed by atoms with Crippen LogP contribution in [0.2, 0.25) is 0 Å². The molecule has 0 aromatic heterocycles. The van der Waals surface area contributed by atoms with E-state index in [-0.39, 0.29) is 11.5 Å². The summed E-state index contributed by atoms with van der Waals surface area (Å²) in [6.07, 6.45) is 0. The predicted octanol–water partition coefficient (Wildman–Crippen LogP) is 2.02. The number of phenolic OH excluding ortho intramolecular Hbond substituents is 2. The van der Waals surface area contributed by atoms with Gasteiger partial charge in [0, 0.05) is 29.5 Å². The molecule has 0 atom stereocenters. The zero-order valence-electron chi connectivity index (χ0n) is 15.7. The third kappa shape index (κ3) is 2.96. The number of rotatable bonds is 5. The van der Waals surface area contributed by atoms with E-state index in [9.17, 15) is 10.2 Å². The number of likely N-dealkylation sites (N-methyl/N-ethyl adjacent to an activating group) is 1. The second-order valence-corrected chi connectivity index (χ2v) is 6.87. The van der Waals surface area contributed by atoms with Crippen LogP contribution in [0.4, 0.5) is 5.69 Å². The SMILES string of the molecule is CCN(C)CCNc1cc2c(c3c(O)c4ccccc4c(O)c13)=NCCN=2. The van der Waals surface area contributed by atoms with Gasteiger partial charge in [-0.3, -0.25) is 9.98 Å². The summed E-state index contributed by atoms with van der Waals surface area (Å²) in [4.78, 5) is 11.4. The maximum atomic E-state index is 11.0. The van der Waals surface area contributed by atoms with Gasteiger partial charge >= 0.3 is 0 Å². The van der Waals surface area contributed by atoms with Gasteiger partial charge in [0.05, 0.1) is 34.6 Å². The third-order valence-electron chi connectivity index (χ3n) is 5.19. The molecular weight excluding hydrogens is 340 g/mol. The Morgan fingerprint density at radius 1 is 1.04 bits per heavy atom. The smallest absolute Gasteiger partial charge is 0.133 e. The average molecular weight is 364 g/mol. The van der Waals surface area contributed by atoms with Crippen LogP contribution in [0.1, 0.15) is 6.92 Å². The second kappa shape index (κ2) is 7.04. The van der Waals surface area contributed by atoms with Gasteiger partial charge in [-0.05, 0) is 19.7 Å². The number of nitrogens with zero attached hydrogens (tertiary/aromatic N) is 3. The van der Waals surface area contributed by atoms with Crippen LogP contribution in [-0.4, -0.2) is 54.9 Å². The van der Waals surface area contributed by atoms with Gasteiger partial charge in [0.25, 0.3) is 0 Å². The molecule has 0 saturated heterocycles. The van der Waals surface area contributed by atoms with Crippen LogP contribution >= 0.6 is 0 Å². The van der Waals surface area contributed by atoms with Crippen molar-refractivity contribution in [3.63, 3.8) is 0 Å². The summed E-state index contributed by atoms with van der Waals surface area (Å²) in [5.41, 5.74) is 0.771. The molecule has 140 valence electrons. The largest absolute Gasteiger partial charge is 0.507 e. The number of phenols is 2. The van der Waals surface area contributed by atoms with Crippen molar-refractivity contribution in [2.75, 3.05) is 45.1 Å². The van der Waals surface area contributed by atoms with E-state index in [4.69, 9.17) is 0 Å². The Hall–Kier alpha value is -2.86. The second-order valence-electron chi connectivity index (χ2n) is 6.87. The summed E-state index contributed by atoms with van der Waals surface area (Å²) in [7, 11) is 2.07. The summed E-state index contributed by atoms with van der Waals surface area (Å²) in [6.45, 7) is 5.90. The van der Waals surface area contributed by atoms with Crippen molar-refractivity contribution in [1.29, 1.82) is 0 Å². The van der Waals surface area contributed by atoms with Gasteiger partial charge in [-0.2, -0.15) is 0 Å². The average Bonchev–Trinajstić information content (AvgIpc) is 2.71. The predicted molar refractivity (Wildman–Crippen MR) is 108 cm³/mol. The van der Waals surface area contributed by atoms with Crippen LogP contribution in [0, 0.1) is 0 Å². The lowest BCUT2D eigenvalue weighted by molar-refractivity contribution is 0.367. The van der Waals surface area contributed by atoms with E-state index >= 15 is 0 Å². The molecule has 0 saturated carbocycles. The Kier molecular flexibility index (Phi) is 4.58. The first kappa shape index (κ1) is 17.5. The van der Waals surface area contributed by atoms with Crippen molar-refractivity contribution in [3.8, 4) is 11.5 Å². The van der Waals surface area contributed by atoms with E-state index in [1.165, 1.54) is 0 Å². The van der Waals surface area contributed by atoms with Crippen molar-refractivity contribution in [1.82, 2.24) is 4.90 Å². The Balaban J connectivity index is 2.01. The fraction of sp³-hybridized carbons (Fsp3) is 0.333. The van der Waals surface area contributed by atoms with Crippen LogP contribution in [0.25, 0.3) is 21.5 Å². The molecule has 3 N–H and O–H groups in total. The quantitative estimate of drug-likeness (QED) is 0.478. The van der Waals surface area contributed by atoms with E-state index in [0.717, 1.165) is 30.7 Å². The fourth-order valence-corrected chi connectivity index (χ4v) is 3.59. The van der Waals surface area contributed by atoms with E-state index in [1.54, 1.807) is 0 Å². The number of fused-ring (bicyclic) bond motifs is 4. The first-order valence-corrected chi connectivity index (χ1v) is 9.32. The Bertz CT molecular complexity index is 1140. The maximum absolute atomic E-state index is 11.0. The fourth-order valence-electron chi connectivity index (χ4n) is 3.59. The highest BCUT2D eigenvalue weighted by molar-refractivity contribution is 6.14. The Labute approximate surface area is 157 Å². The molecule has 0 aliphatic carbocycles. The molecule has 6 heteroatoms. The molecule has 0 fully saturated rings. The van der Waals surface area contributed by atoms with E-state index in [2.05, 4.69) is 34.2 Å². The van der Waals surface area contributed by atoms with Gasteiger partial charge in [0.2, 0.25) is 0 Å². The summed E-state index contributed by atoms with van der Waals surface area (Å²) in [5.74, 6) is 0.304. The molecule has 1 aliphatic rings. The summed E-state index contributed by atoms with van der Waals surface area (Å²) in [6, 6.07) is 9.27. The zero-order valence-corrected chi connectivity index (χ0v) is 15.7. The van der Waals surface area contributed by atoms with Gasteiger partial charge in [0.1, 0.15) is 11.5 Å². The third-order valence-corrected chi connectivity index (χ3v) is 5.19. The van der Waals surface area contributed by atoms with Crippen molar-refractivity contribution in [3.05, 3.63) is 41.0 Å². The molecule has 1 aliphatic heterocycles. The summed E-state index contributed by atoms with van der Waals surface area (Å²) in [5, 5.41) is 29.3. The number of anilines is 1. The number of nitrogens with one attached hydrogen (secondary N) is 1. The van der Waals surface area contributed by atoms with Gasteiger partial charge in [0.15, 0.2) is 0 Å². The molecule has 3 aromatic rings. The normalized spacial score (nSPS) is 13.4. The molecule has 0 unspecified atom stereocenters. The van der Waals surface area contributed by atoms with Gasteiger partial charge < -0.3 is 20.4 Å². The minimum atomic E-state index is 0.143. The zero-order chi connectivity index (χ0) is 19.0. The molecule has 1 heterocycles. The maximum Gasteiger partial charge on any atom is 0.133 e. The van der Waals surface area contributed by atoms with Crippen LogP contribution < -0.4 is 16.0 Å². The number of aromatic hydroxyl groups is 2. The molecule has 0 amide bonds. The first-order valence-electron chi connectivity index (χ1n) is 9.32.